The SMILES string of the molecule is CC(=O)N1C(=Cc2ccc(-c3ccc(C(F)(F)F)cc3)cc2)C(=O)c2ccccc21. The van der Waals surface area contributed by atoms with E-state index in [1.165, 1.54) is 24.0 Å². The van der Waals surface area contributed by atoms with E-state index >= 15 is 0 Å². The Morgan fingerprint density at radius 1 is 0.867 bits per heavy atom. The van der Waals surface area contributed by atoms with E-state index in [-0.39, 0.29) is 17.4 Å². The first-order valence-corrected chi connectivity index (χ1v) is 9.19. The minimum atomic E-state index is -4.37. The summed E-state index contributed by atoms with van der Waals surface area (Å²) in [6.07, 6.45) is -2.73. The molecular weight excluding hydrogens is 391 g/mol. The monoisotopic (exact) mass is 407 g/mol. The van der Waals surface area contributed by atoms with Crippen molar-refractivity contribution in [3.63, 3.8) is 0 Å². The van der Waals surface area contributed by atoms with Crippen molar-refractivity contribution < 1.29 is 22.8 Å². The summed E-state index contributed by atoms with van der Waals surface area (Å²) < 4.78 is 38.2. The summed E-state index contributed by atoms with van der Waals surface area (Å²) in [6, 6.07) is 18.9. The number of nitrogens with zero attached hydrogens (tertiary/aromatic N) is 1. The Balaban J connectivity index is 1.64. The molecule has 1 aliphatic rings. The first-order valence-electron chi connectivity index (χ1n) is 9.19. The van der Waals surface area contributed by atoms with E-state index in [2.05, 4.69) is 0 Å². The van der Waals surface area contributed by atoms with Crippen molar-refractivity contribution in [2.45, 2.75) is 13.1 Å². The van der Waals surface area contributed by atoms with E-state index in [4.69, 9.17) is 0 Å². The predicted octanol–water partition coefficient (Wildman–Crippen LogP) is 5.96. The molecule has 0 aliphatic carbocycles. The number of amides is 1. The maximum absolute atomic E-state index is 12.8. The van der Waals surface area contributed by atoms with Crippen LogP contribution in [0.1, 0.15) is 28.4 Å². The van der Waals surface area contributed by atoms with Crippen molar-refractivity contribution >= 4 is 23.5 Å². The van der Waals surface area contributed by atoms with Crippen LogP contribution in [0.3, 0.4) is 0 Å². The number of fused-ring (bicyclic) bond motifs is 1. The zero-order valence-electron chi connectivity index (χ0n) is 15.9. The number of para-hydroxylation sites is 1. The highest BCUT2D eigenvalue weighted by Gasteiger charge is 2.34. The van der Waals surface area contributed by atoms with Gasteiger partial charge in [-0.15, -0.1) is 0 Å². The Labute approximate surface area is 171 Å². The molecule has 30 heavy (non-hydrogen) atoms. The molecule has 4 rings (SSSR count). The number of rotatable bonds is 2. The lowest BCUT2D eigenvalue weighted by Crippen LogP contribution is -2.25. The minimum Gasteiger partial charge on any atom is -0.287 e. The molecule has 0 unspecified atom stereocenters. The lowest BCUT2D eigenvalue weighted by atomic mass is 10.0. The smallest absolute Gasteiger partial charge is 0.287 e. The van der Waals surface area contributed by atoms with E-state index in [0.29, 0.717) is 22.4 Å². The summed E-state index contributed by atoms with van der Waals surface area (Å²) in [6.45, 7) is 1.40. The molecule has 0 atom stereocenters. The van der Waals surface area contributed by atoms with Crippen molar-refractivity contribution in [3.05, 3.63) is 95.2 Å². The number of halogens is 3. The van der Waals surface area contributed by atoms with Crippen molar-refractivity contribution in [2.75, 3.05) is 4.90 Å². The van der Waals surface area contributed by atoms with E-state index in [1.54, 1.807) is 54.6 Å². The van der Waals surface area contributed by atoms with Gasteiger partial charge in [-0.2, -0.15) is 13.2 Å². The molecule has 0 fully saturated rings. The third kappa shape index (κ3) is 3.52. The van der Waals surface area contributed by atoms with Gasteiger partial charge in [0, 0.05) is 12.5 Å². The average Bonchev–Trinajstić information content (AvgIpc) is 3.00. The number of allylic oxidation sites excluding steroid dienone is 1. The zero-order valence-corrected chi connectivity index (χ0v) is 15.9. The first kappa shape index (κ1) is 19.6. The molecule has 0 aromatic heterocycles. The third-order valence-electron chi connectivity index (χ3n) is 4.94. The standard InChI is InChI=1S/C24H16F3NO2/c1-15(29)28-21-5-3-2-4-20(21)23(30)22(28)14-16-6-8-17(9-7-16)18-10-12-19(13-11-18)24(25,26)27/h2-14H,1H3. The van der Waals surface area contributed by atoms with E-state index < -0.39 is 11.7 Å². The van der Waals surface area contributed by atoms with Gasteiger partial charge in [-0.1, -0.05) is 48.5 Å². The Bertz CT molecular complexity index is 1160. The van der Waals surface area contributed by atoms with Crippen molar-refractivity contribution in [1.29, 1.82) is 0 Å². The molecule has 3 nitrogen and oxygen atoms in total. The number of hydrogen-bond donors (Lipinski definition) is 0. The maximum atomic E-state index is 12.8. The van der Waals surface area contributed by atoms with Crippen LogP contribution in [0.15, 0.2) is 78.5 Å². The number of alkyl halides is 3. The average molecular weight is 407 g/mol. The molecule has 0 saturated heterocycles. The van der Waals surface area contributed by atoms with Crippen LogP contribution in [0.5, 0.6) is 0 Å². The van der Waals surface area contributed by atoms with E-state index in [1.807, 2.05) is 0 Å². The maximum Gasteiger partial charge on any atom is 0.416 e. The van der Waals surface area contributed by atoms with Crippen LogP contribution in [-0.4, -0.2) is 11.7 Å². The van der Waals surface area contributed by atoms with Gasteiger partial charge in [0.25, 0.3) is 0 Å². The summed E-state index contributed by atoms with van der Waals surface area (Å²) >= 11 is 0. The molecule has 0 saturated carbocycles. The van der Waals surface area contributed by atoms with Crippen molar-refractivity contribution in [2.24, 2.45) is 0 Å². The number of carbonyl (C=O) groups excluding carboxylic acids is 2. The quantitative estimate of drug-likeness (QED) is 0.492. The van der Waals surface area contributed by atoms with Crippen LogP contribution in [-0.2, 0) is 11.0 Å². The van der Waals surface area contributed by atoms with Gasteiger partial charge < -0.3 is 0 Å². The van der Waals surface area contributed by atoms with Crippen molar-refractivity contribution in [1.82, 2.24) is 0 Å². The molecule has 1 aliphatic heterocycles. The second kappa shape index (κ2) is 7.30. The number of Topliss-reactive ketones (excluding diaryl/α,β-unsaturated/α-hetero) is 1. The molecule has 0 N–H and O–H groups in total. The number of ketones is 1. The summed E-state index contributed by atoms with van der Waals surface area (Å²) in [5, 5.41) is 0. The molecule has 0 bridgehead atoms. The summed E-state index contributed by atoms with van der Waals surface area (Å²) in [5.41, 5.74) is 2.70. The lowest BCUT2D eigenvalue weighted by Gasteiger charge is -2.16. The fraction of sp³-hybridized carbons (Fsp3) is 0.0833. The molecule has 1 heterocycles. The van der Waals surface area contributed by atoms with Gasteiger partial charge in [-0.05, 0) is 47.0 Å². The van der Waals surface area contributed by atoms with Gasteiger partial charge in [-0.3, -0.25) is 14.5 Å². The van der Waals surface area contributed by atoms with Gasteiger partial charge in [0.05, 0.1) is 16.9 Å². The fourth-order valence-electron chi connectivity index (χ4n) is 3.48. The molecule has 150 valence electrons. The Kier molecular flexibility index (Phi) is 4.78. The largest absolute Gasteiger partial charge is 0.416 e. The number of anilines is 1. The van der Waals surface area contributed by atoms with Crippen LogP contribution < -0.4 is 4.90 Å². The van der Waals surface area contributed by atoms with Gasteiger partial charge in [-0.25, -0.2) is 0 Å². The molecule has 0 radical (unpaired) electrons. The van der Waals surface area contributed by atoms with Crippen LogP contribution in [0, 0.1) is 0 Å². The molecule has 0 spiro atoms. The highest BCUT2D eigenvalue weighted by atomic mass is 19.4. The Hall–Kier alpha value is -3.67. The fourth-order valence-corrected chi connectivity index (χ4v) is 3.48. The predicted molar refractivity (Wildman–Crippen MR) is 109 cm³/mol. The molecule has 6 heteroatoms. The number of hydrogen-bond acceptors (Lipinski definition) is 2. The van der Waals surface area contributed by atoms with Crippen molar-refractivity contribution in [3.8, 4) is 11.1 Å². The number of carbonyl (C=O) groups is 2. The summed E-state index contributed by atoms with van der Waals surface area (Å²) in [5.74, 6) is -0.492. The van der Waals surface area contributed by atoms with Crippen LogP contribution >= 0.6 is 0 Å². The number of benzene rings is 3. The second-order valence-electron chi connectivity index (χ2n) is 6.93. The van der Waals surface area contributed by atoms with E-state index in [9.17, 15) is 22.8 Å². The lowest BCUT2D eigenvalue weighted by molar-refractivity contribution is -0.137. The summed E-state index contributed by atoms with van der Waals surface area (Å²) in [4.78, 5) is 26.3. The second-order valence-corrected chi connectivity index (χ2v) is 6.93. The molecule has 3 aromatic carbocycles. The van der Waals surface area contributed by atoms with Gasteiger partial charge in [0.15, 0.2) is 0 Å². The first-order chi connectivity index (χ1) is 14.3. The zero-order chi connectivity index (χ0) is 21.5. The van der Waals surface area contributed by atoms with Crippen LogP contribution in [0.25, 0.3) is 17.2 Å². The molecule has 3 aromatic rings. The molecule has 1 amide bonds. The van der Waals surface area contributed by atoms with Crippen LogP contribution in [0.4, 0.5) is 18.9 Å². The van der Waals surface area contributed by atoms with Crippen LogP contribution in [0.2, 0.25) is 0 Å². The van der Waals surface area contributed by atoms with Gasteiger partial charge in [0.2, 0.25) is 11.7 Å². The minimum absolute atomic E-state index is 0.229. The molecular formula is C24H16F3NO2. The topological polar surface area (TPSA) is 37.4 Å². The Morgan fingerprint density at radius 3 is 2.00 bits per heavy atom. The third-order valence-corrected chi connectivity index (χ3v) is 4.94. The van der Waals surface area contributed by atoms with Gasteiger partial charge in [0.1, 0.15) is 0 Å². The summed E-state index contributed by atoms with van der Waals surface area (Å²) in [7, 11) is 0. The highest BCUT2D eigenvalue weighted by molar-refractivity contribution is 6.26. The highest BCUT2D eigenvalue weighted by Crippen LogP contribution is 2.36. The van der Waals surface area contributed by atoms with E-state index in [0.717, 1.165) is 17.7 Å². The van der Waals surface area contributed by atoms with Gasteiger partial charge >= 0.3 is 6.18 Å². The Morgan fingerprint density at radius 2 is 1.43 bits per heavy atom. The normalized spacial score (nSPS) is 14.9.